The topological polar surface area (TPSA) is 98.5 Å². The van der Waals surface area contributed by atoms with Crippen LogP contribution in [-0.4, -0.2) is 24.3 Å². The summed E-state index contributed by atoms with van der Waals surface area (Å²) < 4.78 is 5.02. The molecule has 142 valence electrons. The van der Waals surface area contributed by atoms with Crippen LogP contribution in [0.1, 0.15) is 41.0 Å². The number of nitrogen functional groups attached to an aromatic ring is 1. The van der Waals surface area contributed by atoms with Gasteiger partial charge in [0.05, 0.1) is 16.3 Å². The van der Waals surface area contributed by atoms with Gasteiger partial charge in [0.2, 0.25) is 5.91 Å². The van der Waals surface area contributed by atoms with Crippen LogP contribution in [0.4, 0.5) is 11.4 Å². The molecule has 0 aliphatic heterocycles. The molecule has 0 aromatic heterocycles. The van der Waals surface area contributed by atoms with Crippen LogP contribution in [0.25, 0.3) is 0 Å². The first-order chi connectivity index (χ1) is 12.8. The highest BCUT2D eigenvalue weighted by atomic mass is 35.5. The SMILES string of the molecule is CC(C)CC(=O)Nc1ccc(C(=O)COC(=O)c2ccc(Cl)c(N)c2)cc1. The van der Waals surface area contributed by atoms with Crippen molar-refractivity contribution >= 4 is 40.6 Å². The van der Waals surface area contributed by atoms with Crippen molar-refractivity contribution in [3.8, 4) is 0 Å². The van der Waals surface area contributed by atoms with Crippen LogP contribution in [-0.2, 0) is 9.53 Å². The number of hydrogen-bond donors (Lipinski definition) is 2. The Morgan fingerprint density at radius 2 is 1.70 bits per heavy atom. The summed E-state index contributed by atoms with van der Waals surface area (Å²) in [5, 5.41) is 3.10. The third-order valence-corrected chi connectivity index (χ3v) is 3.99. The van der Waals surface area contributed by atoms with Crippen molar-refractivity contribution in [2.24, 2.45) is 5.92 Å². The number of rotatable bonds is 7. The molecule has 3 N–H and O–H groups in total. The van der Waals surface area contributed by atoms with E-state index in [0.717, 1.165) is 0 Å². The number of ether oxygens (including phenoxy) is 1. The summed E-state index contributed by atoms with van der Waals surface area (Å²) in [5.74, 6) is -0.841. The Kier molecular flexibility index (Phi) is 6.96. The number of carbonyl (C=O) groups is 3. The van der Waals surface area contributed by atoms with Crippen molar-refractivity contribution in [1.82, 2.24) is 0 Å². The Balaban J connectivity index is 1.91. The van der Waals surface area contributed by atoms with E-state index in [1.807, 2.05) is 13.8 Å². The minimum Gasteiger partial charge on any atom is -0.454 e. The quantitative estimate of drug-likeness (QED) is 0.425. The average Bonchev–Trinajstić information content (AvgIpc) is 2.61. The normalized spacial score (nSPS) is 10.5. The van der Waals surface area contributed by atoms with E-state index in [4.69, 9.17) is 22.1 Å². The van der Waals surface area contributed by atoms with Gasteiger partial charge in [0.25, 0.3) is 0 Å². The molecule has 2 rings (SSSR count). The smallest absolute Gasteiger partial charge is 0.338 e. The molecule has 0 radical (unpaired) electrons. The van der Waals surface area contributed by atoms with E-state index in [1.54, 1.807) is 24.3 Å². The van der Waals surface area contributed by atoms with Gasteiger partial charge in [-0.25, -0.2) is 4.79 Å². The summed E-state index contributed by atoms with van der Waals surface area (Å²) in [5.41, 5.74) is 7.09. The second-order valence-electron chi connectivity index (χ2n) is 6.46. The van der Waals surface area contributed by atoms with Gasteiger partial charge in [-0.2, -0.15) is 0 Å². The van der Waals surface area contributed by atoms with E-state index in [9.17, 15) is 14.4 Å². The summed E-state index contributed by atoms with van der Waals surface area (Å²) >= 11 is 5.80. The molecular weight excluding hydrogens is 368 g/mol. The monoisotopic (exact) mass is 388 g/mol. The minimum absolute atomic E-state index is 0.0831. The molecule has 7 heteroatoms. The lowest BCUT2D eigenvalue weighted by Crippen LogP contribution is -2.15. The van der Waals surface area contributed by atoms with E-state index < -0.39 is 12.6 Å². The van der Waals surface area contributed by atoms with Crippen LogP contribution >= 0.6 is 11.6 Å². The molecule has 0 bridgehead atoms. The van der Waals surface area contributed by atoms with E-state index in [1.165, 1.54) is 18.2 Å². The Hall–Kier alpha value is -2.86. The van der Waals surface area contributed by atoms with Crippen LogP contribution in [0.5, 0.6) is 0 Å². The molecule has 0 aliphatic rings. The fourth-order valence-electron chi connectivity index (χ4n) is 2.29. The minimum atomic E-state index is -0.663. The number of hydrogen-bond acceptors (Lipinski definition) is 5. The number of Topliss-reactive ketones (excluding diaryl/α,β-unsaturated/α-hetero) is 1. The molecule has 2 aromatic rings. The van der Waals surface area contributed by atoms with Crippen molar-refractivity contribution in [1.29, 1.82) is 0 Å². The van der Waals surface area contributed by atoms with Crippen LogP contribution in [0.3, 0.4) is 0 Å². The van der Waals surface area contributed by atoms with Crippen molar-refractivity contribution < 1.29 is 19.1 Å². The van der Waals surface area contributed by atoms with Gasteiger partial charge in [0.1, 0.15) is 0 Å². The fourth-order valence-corrected chi connectivity index (χ4v) is 2.41. The van der Waals surface area contributed by atoms with E-state index in [0.29, 0.717) is 22.7 Å². The lowest BCUT2D eigenvalue weighted by atomic mass is 10.1. The molecule has 0 saturated heterocycles. The number of benzene rings is 2. The van der Waals surface area contributed by atoms with Gasteiger partial charge in [0.15, 0.2) is 12.4 Å². The predicted molar refractivity (Wildman–Crippen MR) is 105 cm³/mol. The molecule has 0 aliphatic carbocycles. The van der Waals surface area contributed by atoms with E-state index in [2.05, 4.69) is 5.32 Å². The van der Waals surface area contributed by atoms with Gasteiger partial charge < -0.3 is 15.8 Å². The highest BCUT2D eigenvalue weighted by molar-refractivity contribution is 6.33. The molecule has 6 nitrogen and oxygen atoms in total. The highest BCUT2D eigenvalue weighted by Crippen LogP contribution is 2.20. The standard InChI is InChI=1S/C20H21ClN2O4/c1-12(2)9-19(25)23-15-6-3-13(4-7-15)18(24)11-27-20(26)14-5-8-16(21)17(22)10-14/h3-8,10,12H,9,11,22H2,1-2H3,(H,23,25). The molecule has 0 spiro atoms. The van der Waals surface area contributed by atoms with Gasteiger partial charge >= 0.3 is 5.97 Å². The molecule has 2 aromatic carbocycles. The van der Waals surface area contributed by atoms with Gasteiger partial charge in [-0.15, -0.1) is 0 Å². The first-order valence-electron chi connectivity index (χ1n) is 8.41. The van der Waals surface area contributed by atoms with Gasteiger partial charge in [0, 0.05) is 17.7 Å². The number of nitrogens with one attached hydrogen (secondary N) is 1. The third kappa shape index (κ3) is 6.11. The Labute approximate surface area is 162 Å². The molecule has 0 saturated carbocycles. The number of amides is 1. The lowest BCUT2D eigenvalue weighted by Gasteiger charge is -2.08. The van der Waals surface area contributed by atoms with E-state index >= 15 is 0 Å². The maximum absolute atomic E-state index is 12.2. The molecule has 0 fully saturated rings. The first kappa shape index (κ1) is 20.5. The molecule has 27 heavy (non-hydrogen) atoms. The van der Waals surface area contributed by atoms with Crippen molar-refractivity contribution in [3.05, 3.63) is 58.6 Å². The van der Waals surface area contributed by atoms with Crippen molar-refractivity contribution in [2.45, 2.75) is 20.3 Å². The number of esters is 1. The predicted octanol–water partition coefficient (Wildman–Crippen LogP) is 3.95. The average molecular weight is 389 g/mol. The Morgan fingerprint density at radius 3 is 2.30 bits per heavy atom. The summed E-state index contributed by atoms with van der Waals surface area (Å²) in [6, 6.07) is 10.8. The molecule has 0 atom stereocenters. The van der Waals surface area contributed by atoms with Gasteiger partial charge in [-0.1, -0.05) is 25.4 Å². The number of anilines is 2. The number of nitrogens with two attached hydrogens (primary N) is 1. The first-order valence-corrected chi connectivity index (χ1v) is 8.79. The highest BCUT2D eigenvalue weighted by Gasteiger charge is 2.13. The fraction of sp³-hybridized carbons (Fsp3) is 0.250. The van der Waals surface area contributed by atoms with Gasteiger partial charge in [-0.3, -0.25) is 9.59 Å². The maximum Gasteiger partial charge on any atom is 0.338 e. The third-order valence-electron chi connectivity index (χ3n) is 3.65. The van der Waals surface area contributed by atoms with Crippen LogP contribution in [0.15, 0.2) is 42.5 Å². The number of carbonyl (C=O) groups excluding carboxylic acids is 3. The molecular formula is C20H21ClN2O4. The largest absolute Gasteiger partial charge is 0.454 e. The van der Waals surface area contributed by atoms with E-state index in [-0.39, 0.29) is 28.9 Å². The van der Waals surface area contributed by atoms with Crippen molar-refractivity contribution in [2.75, 3.05) is 17.7 Å². The summed E-state index contributed by atoms with van der Waals surface area (Å²) in [6.45, 7) is 3.52. The van der Waals surface area contributed by atoms with Crippen LogP contribution in [0, 0.1) is 5.92 Å². The zero-order valence-electron chi connectivity index (χ0n) is 15.1. The maximum atomic E-state index is 12.2. The zero-order valence-corrected chi connectivity index (χ0v) is 15.9. The molecule has 0 unspecified atom stereocenters. The van der Waals surface area contributed by atoms with Crippen LogP contribution in [0.2, 0.25) is 5.02 Å². The summed E-state index contributed by atoms with van der Waals surface area (Å²) in [4.78, 5) is 35.9. The number of ketones is 1. The number of halogens is 1. The Bertz CT molecular complexity index is 848. The summed E-state index contributed by atoms with van der Waals surface area (Å²) in [7, 11) is 0. The van der Waals surface area contributed by atoms with Crippen molar-refractivity contribution in [3.63, 3.8) is 0 Å². The second-order valence-corrected chi connectivity index (χ2v) is 6.87. The molecule has 0 heterocycles. The Morgan fingerprint density at radius 1 is 1.07 bits per heavy atom. The zero-order chi connectivity index (χ0) is 20.0. The lowest BCUT2D eigenvalue weighted by molar-refractivity contribution is -0.116. The molecule has 1 amide bonds. The summed E-state index contributed by atoms with van der Waals surface area (Å²) in [6.07, 6.45) is 0.422. The van der Waals surface area contributed by atoms with Gasteiger partial charge in [-0.05, 0) is 48.4 Å². The second kappa shape index (κ2) is 9.19. The van der Waals surface area contributed by atoms with Crippen LogP contribution < -0.4 is 11.1 Å².